The Labute approximate surface area is 167 Å². The lowest BCUT2D eigenvalue weighted by Gasteiger charge is -2.21. The van der Waals surface area contributed by atoms with Gasteiger partial charge in [-0.1, -0.05) is 83.9 Å². The molecule has 0 unspecified atom stereocenters. The van der Waals surface area contributed by atoms with Crippen molar-refractivity contribution in [1.29, 1.82) is 0 Å². The van der Waals surface area contributed by atoms with E-state index in [-0.39, 0.29) is 10.5 Å². The minimum atomic E-state index is -0.209. The second kappa shape index (κ2) is 7.43. The van der Waals surface area contributed by atoms with E-state index in [2.05, 4.69) is 0 Å². The number of pyridine rings is 1. The Hall–Kier alpha value is -2.81. The Bertz CT molecular complexity index is 1130. The van der Waals surface area contributed by atoms with Crippen LogP contribution >= 0.6 is 23.2 Å². The summed E-state index contributed by atoms with van der Waals surface area (Å²) in [6, 6.07) is 28.5. The van der Waals surface area contributed by atoms with Gasteiger partial charge in [-0.2, -0.15) is 0 Å². The van der Waals surface area contributed by atoms with E-state index in [1.54, 1.807) is 6.07 Å². The molecule has 4 rings (SSSR count). The van der Waals surface area contributed by atoms with Gasteiger partial charge in [-0.15, -0.1) is 0 Å². The molecule has 0 N–H and O–H groups in total. The first-order valence-electron chi connectivity index (χ1n) is 8.47. The molecule has 4 heteroatoms. The maximum absolute atomic E-state index is 12.7. The van der Waals surface area contributed by atoms with Crippen LogP contribution in [0, 0.1) is 0 Å². The standard InChI is InChI=1S/C23H15Cl2NO/c24-18-11-13-19(14-12-18)26-20(16-7-3-1-4-8-16)15-21(27)22(25)23(26)17-9-5-2-6-10-17/h1-15H. The highest BCUT2D eigenvalue weighted by molar-refractivity contribution is 6.33. The molecule has 27 heavy (non-hydrogen) atoms. The highest BCUT2D eigenvalue weighted by Crippen LogP contribution is 2.33. The molecule has 0 radical (unpaired) electrons. The molecule has 0 fully saturated rings. The predicted octanol–water partition coefficient (Wildman–Crippen LogP) is 6.48. The molecular weight excluding hydrogens is 377 g/mol. The van der Waals surface area contributed by atoms with Gasteiger partial charge in [0, 0.05) is 22.3 Å². The fourth-order valence-corrected chi connectivity index (χ4v) is 3.49. The van der Waals surface area contributed by atoms with Gasteiger partial charge in [0.1, 0.15) is 5.02 Å². The third kappa shape index (κ3) is 3.42. The largest absolute Gasteiger partial charge is 0.307 e. The van der Waals surface area contributed by atoms with Crippen molar-refractivity contribution in [3.63, 3.8) is 0 Å². The van der Waals surface area contributed by atoms with E-state index in [9.17, 15) is 4.79 Å². The second-order valence-electron chi connectivity index (χ2n) is 6.10. The zero-order valence-corrected chi connectivity index (χ0v) is 15.8. The van der Waals surface area contributed by atoms with E-state index in [0.29, 0.717) is 10.7 Å². The Morgan fingerprint density at radius 1 is 0.667 bits per heavy atom. The van der Waals surface area contributed by atoms with Crippen LogP contribution in [-0.2, 0) is 0 Å². The van der Waals surface area contributed by atoms with Crippen molar-refractivity contribution >= 4 is 23.2 Å². The van der Waals surface area contributed by atoms with Crippen LogP contribution in [0.5, 0.6) is 0 Å². The molecule has 0 aliphatic rings. The lowest BCUT2D eigenvalue weighted by atomic mass is 10.1. The SMILES string of the molecule is O=c1cc(-c2ccccc2)n(-c2ccc(Cl)cc2)c(-c2ccccc2)c1Cl. The van der Waals surface area contributed by atoms with E-state index in [1.165, 1.54) is 0 Å². The van der Waals surface area contributed by atoms with Gasteiger partial charge in [0.05, 0.1) is 11.4 Å². The van der Waals surface area contributed by atoms with Crippen LogP contribution in [0.25, 0.3) is 28.2 Å². The molecule has 0 aliphatic carbocycles. The number of nitrogens with zero attached hydrogens (tertiary/aromatic N) is 1. The highest BCUT2D eigenvalue weighted by atomic mass is 35.5. The Balaban J connectivity index is 2.13. The van der Waals surface area contributed by atoms with Crippen LogP contribution in [0.15, 0.2) is 95.8 Å². The molecule has 3 aromatic carbocycles. The van der Waals surface area contributed by atoms with Gasteiger partial charge in [-0.05, 0) is 29.8 Å². The van der Waals surface area contributed by atoms with E-state index < -0.39 is 0 Å². The van der Waals surface area contributed by atoms with Gasteiger partial charge in [0.25, 0.3) is 0 Å². The zero-order chi connectivity index (χ0) is 18.8. The van der Waals surface area contributed by atoms with Gasteiger partial charge < -0.3 is 4.57 Å². The summed E-state index contributed by atoms with van der Waals surface area (Å²) in [5.41, 5.74) is 3.89. The number of hydrogen-bond donors (Lipinski definition) is 0. The molecule has 0 saturated heterocycles. The van der Waals surface area contributed by atoms with Crippen molar-refractivity contribution < 1.29 is 0 Å². The molecule has 0 spiro atoms. The summed E-state index contributed by atoms with van der Waals surface area (Å²) < 4.78 is 2.00. The molecule has 132 valence electrons. The second-order valence-corrected chi connectivity index (χ2v) is 6.91. The van der Waals surface area contributed by atoms with Crippen molar-refractivity contribution in [2.24, 2.45) is 0 Å². The lowest BCUT2D eigenvalue weighted by molar-refractivity contribution is 1.06. The van der Waals surface area contributed by atoms with Crippen LogP contribution < -0.4 is 5.43 Å². The van der Waals surface area contributed by atoms with E-state index >= 15 is 0 Å². The van der Waals surface area contributed by atoms with Gasteiger partial charge in [-0.25, -0.2) is 0 Å². The summed E-state index contributed by atoms with van der Waals surface area (Å²) in [7, 11) is 0. The molecule has 0 atom stereocenters. The van der Waals surface area contributed by atoms with Crippen molar-refractivity contribution in [2.45, 2.75) is 0 Å². The molecule has 2 nitrogen and oxygen atoms in total. The van der Waals surface area contributed by atoms with Crippen molar-refractivity contribution in [3.8, 4) is 28.2 Å². The van der Waals surface area contributed by atoms with Crippen molar-refractivity contribution in [2.75, 3.05) is 0 Å². The number of halogens is 2. The first kappa shape index (κ1) is 17.6. The first-order chi connectivity index (χ1) is 13.1. The maximum atomic E-state index is 12.7. The molecule has 0 bridgehead atoms. The topological polar surface area (TPSA) is 22.0 Å². The predicted molar refractivity (Wildman–Crippen MR) is 113 cm³/mol. The summed E-state index contributed by atoms with van der Waals surface area (Å²) >= 11 is 12.6. The molecule has 0 amide bonds. The van der Waals surface area contributed by atoms with Crippen LogP contribution in [0.2, 0.25) is 10.0 Å². The maximum Gasteiger partial charge on any atom is 0.201 e. The molecule has 1 heterocycles. The average molecular weight is 392 g/mol. The Morgan fingerprint density at radius 2 is 1.22 bits per heavy atom. The smallest absolute Gasteiger partial charge is 0.201 e. The van der Waals surface area contributed by atoms with Gasteiger partial charge in [-0.3, -0.25) is 4.79 Å². The van der Waals surface area contributed by atoms with E-state index in [4.69, 9.17) is 23.2 Å². The number of rotatable bonds is 3. The molecule has 0 aliphatic heterocycles. The summed E-state index contributed by atoms with van der Waals surface area (Å²) in [5, 5.41) is 0.837. The van der Waals surface area contributed by atoms with Gasteiger partial charge in [0.2, 0.25) is 5.43 Å². The fourth-order valence-electron chi connectivity index (χ4n) is 3.12. The van der Waals surface area contributed by atoms with Gasteiger partial charge in [0.15, 0.2) is 0 Å². The number of aromatic nitrogens is 1. The quantitative estimate of drug-likeness (QED) is 0.391. The lowest BCUT2D eigenvalue weighted by Crippen LogP contribution is -2.13. The van der Waals surface area contributed by atoms with Crippen LogP contribution in [-0.4, -0.2) is 4.57 Å². The minimum absolute atomic E-state index is 0.191. The summed E-state index contributed by atoms with van der Waals surface area (Å²) in [4.78, 5) is 12.7. The van der Waals surface area contributed by atoms with Crippen LogP contribution in [0.4, 0.5) is 0 Å². The Kier molecular flexibility index (Phi) is 4.85. The Morgan fingerprint density at radius 3 is 1.81 bits per heavy atom. The van der Waals surface area contributed by atoms with E-state index in [1.807, 2.05) is 89.5 Å². The highest BCUT2D eigenvalue weighted by Gasteiger charge is 2.18. The van der Waals surface area contributed by atoms with Crippen molar-refractivity contribution in [1.82, 2.24) is 4.57 Å². The van der Waals surface area contributed by atoms with Crippen LogP contribution in [0.1, 0.15) is 0 Å². The number of hydrogen-bond acceptors (Lipinski definition) is 1. The molecule has 4 aromatic rings. The monoisotopic (exact) mass is 391 g/mol. The molecule has 0 saturated carbocycles. The first-order valence-corrected chi connectivity index (χ1v) is 9.23. The van der Waals surface area contributed by atoms with Crippen molar-refractivity contribution in [3.05, 3.63) is 111 Å². The summed E-state index contributed by atoms with van der Waals surface area (Å²) in [5.74, 6) is 0. The van der Waals surface area contributed by atoms with Gasteiger partial charge >= 0.3 is 0 Å². The fraction of sp³-hybridized carbons (Fsp3) is 0. The molecular formula is C23H15Cl2NO. The summed E-state index contributed by atoms with van der Waals surface area (Å²) in [6.07, 6.45) is 0. The van der Waals surface area contributed by atoms with Crippen LogP contribution in [0.3, 0.4) is 0 Å². The summed E-state index contributed by atoms with van der Waals surface area (Å²) in [6.45, 7) is 0. The minimum Gasteiger partial charge on any atom is -0.307 e. The zero-order valence-electron chi connectivity index (χ0n) is 14.3. The third-order valence-electron chi connectivity index (χ3n) is 4.36. The average Bonchev–Trinajstić information content (AvgIpc) is 2.71. The van der Waals surface area contributed by atoms with E-state index in [0.717, 1.165) is 22.5 Å². The normalized spacial score (nSPS) is 10.7. The third-order valence-corrected chi connectivity index (χ3v) is 4.98. The molecule has 1 aromatic heterocycles. The number of benzene rings is 3.